The molecule has 7 heteroatoms. The summed E-state index contributed by atoms with van der Waals surface area (Å²) < 4.78 is 0. The van der Waals surface area contributed by atoms with Crippen molar-refractivity contribution >= 4 is 51.8 Å². The molecule has 0 aliphatic rings. The second-order valence-electron chi connectivity index (χ2n) is 2.82. The average Bonchev–Trinajstić information content (AvgIpc) is 2.88. The SMILES string of the molecule is O=C(O)c1cc(Cl)cs1.OCc1cc(Cl)cs1. The summed E-state index contributed by atoms with van der Waals surface area (Å²) in [6.07, 6.45) is 0. The van der Waals surface area contributed by atoms with Crippen molar-refractivity contribution in [2.45, 2.75) is 6.61 Å². The van der Waals surface area contributed by atoms with Crippen LogP contribution in [0.2, 0.25) is 10.0 Å². The van der Waals surface area contributed by atoms with Gasteiger partial charge in [0.25, 0.3) is 0 Å². The Hall–Kier alpha value is -0.590. The van der Waals surface area contributed by atoms with Crippen molar-refractivity contribution < 1.29 is 15.0 Å². The highest BCUT2D eigenvalue weighted by atomic mass is 35.5. The summed E-state index contributed by atoms with van der Waals surface area (Å²) in [4.78, 5) is 11.4. The quantitative estimate of drug-likeness (QED) is 0.881. The third-order valence-electron chi connectivity index (χ3n) is 1.56. The van der Waals surface area contributed by atoms with Gasteiger partial charge in [0.2, 0.25) is 0 Å². The van der Waals surface area contributed by atoms with Gasteiger partial charge in [0.1, 0.15) is 4.88 Å². The Bertz CT molecular complexity index is 493. The van der Waals surface area contributed by atoms with Gasteiger partial charge in [-0.2, -0.15) is 0 Å². The van der Waals surface area contributed by atoms with E-state index in [0.717, 1.165) is 16.2 Å². The molecule has 0 spiro atoms. The number of thiophene rings is 2. The average molecular weight is 311 g/mol. The molecule has 0 aliphatic carbocycles. The van der Waals surface area contributed by atoms with E-state index in [1.165, 1.54) is 17.4 Å². The van der Waals surface area contributed by atoms with E-state index in [4.69, 9.17) is 33.4 Å². The molecule has 17 heavy (non-hydrogen) atoms. The van der Waals surface area contributed by atoms with Gasteiger partial charge < -0.3 is 10.2 Å². The third-order valence-corrected chi connectivity index (χ3v) is 4.09. The van der Waals surface area contributed by atoms with Gasteiger partial charge in [0, 0.05) is 15.6 Å². The van der Waals surface area contributed by atoms with Gasteiger partial charge in [0.05, 0.1) is 16.7 Å². The van der Waals surface area contributed by atoms with E-state index < -0.39 is 5.97 Å². The number of carboxylic acid groups (broad SMARTS) is 1. The Morgan fingerprint density at radius 1 is 1.18 bits per heavy atom. The van der Waals surface area contributed by atoms with E-state index in [2.05, 4.69) is 0 Å². The molecule has 0 saturated carbocycles. The summed E-state index contributed by atoms with van der Waals surface area (Å²) in [7, 11) is 0. The summed E-state index contributed by atoms with van der Waals surface area (Å²) in [6, 6.07) is 3.18. The van der Waals surface area contributed by atoms with Gasteiger partial charge in [-0.25, -0.2) is 4.79 Å². The molecule has 0 radical (unpaired) electrons. The number of carboxylic acids is 1. The third kappa shape index (κ3) is 5.06. The smallest absolute Gasteiger partial charge is 0.345 e. The highest BCUT2D eigenvalue weighted by Crippen LogP contribution is 2.18. The maximum atomic E-state index is 10.2. The van der Waals surface area contributed by atoms with Gasteiger partial charge in [-0.05, 0) is 12.1 Å². The number of aliphatic hydroxyl groups excluding tert-OH is 1. The van der Waals surface area contributed by atoms with E-state index in [-0.39, 0.29) is 11.5 Å². The molecule has 0 bridgehead atoms. The van der Waals surface area contributed by atoms with Crippen molar-refractivity contribution in [2.75, 3.05) is 0 Å². The van der Waals surface area contributed by atoms with Crippen LogP contribution in [0, 0.1) is 0 Å². The molecule has 0 fully saturated rings. The van der Waals surface area contributed by atoms with Gasteiger partial charge in [-0.15, -0.1) is 22.7 Å². The van der Waals surface area contributed by atoms with Crippen LogP contribution in [-0.4, -0.2) is 16.2 Å². The van der Waals surface area contributed by atoms with Gasteiger partial charge in [-0.3, -0.25) is 0 Å². The first-order valence-electron chi connectivity index (χ1n) is 4.34. The Kier molecular flexibility index (Phi) is 5.94. The fourth-order valence-electron chi connectivity index (χ4n) is 0.862. The van der Waals surface area contributed by atoms with Crippen LogP contribution in [0.15, 0.2) is 22.9 Å². The maximum Gasteiger partial charge on any atom is 0.345 e. The monoisotopic (exact) mass is 310 g/mol. The van der Waals surface area contributed by atoms with Crippen molar-refractivity contribution in [3.63, 3.8) is 0 Å². The highest BCUT2D eigenvalue weighted by Gasteiger charge is 2.03. The topological polar surface area (TPSA) is 57.5 Å². The molecule has 2 N–H and O–H groups in total. The number of hydrogen-bond acceptors (Lipinski definition) is 4. The molecule has 2 heterocycles. The van der Waals surface area contributed by atoms with Crippen molar-refractivity contribution in [1.82, 2.24) is 0 Å². The number of aliphatic hydroxyl groups is 1. The zero-order valence-corrected chi connectivity index (χ0v) is 11.5. The molecule has 2 rings (SSSR count). The standard InChI is InChI=1S/C5H3ClO2S.C5H5ClOS/c6-3-1-4(5(7)8)9-2-3;6-4-1-5(2-7)8-3-4/h1-2H,(H,7,8);1,3,7H,2H2. The van der Waals surface area contributed by atoms with Crippen molar-refractivity contribution in [3.8, 4) is 0 Å². The molecule has 3 nitrogen and oxygen atoms in total. The van der Waals surface area contributed by atoms with E-state index >= 15 is 0 Å². The normalized spacial score (nSPS) is 9.59. The van der Waals surface area contributed by atoms with Crippen LogP contribution in [0.1, 0.15) is 14.5 Å². The zero-order valence-electron chi connectivity index (χ0n) is 8.39. The Morgan fingerprint density at radius 2 is 1.76 bits per heavy atom. The molecule has 0 unspecified atom stereocenters. The lowest BCUT2D eigenvalue weighted by atomic mass is 10.5. The van der Waals surface area contributed by atoms with Crippen molar-refractivity contribution in [3.05, 3.63) is 42.7 Å². The summed E-state index contributed by atoms with van der Waals surface area (Å²) in [6.45, 7) is 0.0946. The van der Waals surface area contributed by atoms with Crippen molar-refractivity contribution in [1.29, 1.82) is 0 Å². The molecule has 0 aromatic carbocycles. The van der Waals surface area contributed by atoms with Crippen LogP contribution in [-0.2, 0) is 6.61 Å². The molecule has 92 valence electrons. The Balaban J connectivity index is 0.000000171. The van der Waals surface area contributed by atoms with Crippen LogP contribution < -0.4 is 0 Å². The molecule has 0 saturated heterocycles. The first-order valence-corrected chi connectivity index (χ1v) is 6.85. The van der Waals surface area contributed by atoms with Crippen LogP contribution >= 0.6 is 45.9 Å². The first-order chi connectivity index (χ1) is 8.02. The van der Waals surface area contributed by atoms with Crippen molar-refractivity contribution in [2.24, 2.45) is 0 Å². The van der Waals surface area contributed by atoms with E-state index in [0.29, 0.717) is 10.0 Å². The summed E-state index contributed by atoms with van der Waals surface area (Å²) in [5.41, 5.74) is 0. The predicted octanol–water partition coefficient (Wildman–Crippen LogP) is 3.99. The number of halogens is 2. The molecular formula is C10H8Cl2O3S2. The van der Waals surface area contributed by atoms with E-state index in [1.54, 1.807) is 16.8 Å². The van der Waals surface area contributed by atoms with Crippen LogP contribution in [0.3, 0.4) is 0 Å². The Morgan fingerprint density at radius 3 is 2.00 bits per heavy atom. The van der Waals surface area contributed by atoms with Crippen LogP contribution in [0.4, 0.5) is 0 Å². The van der Waals surface area contributed by atoms with Crippen LogP contribution in [0.25, 0.3) is 0 Å². The lowest BCUT2D eigenvalue weighted by Crippen LogP contribution is -1.89. The summed E-state index contributed by atoms with van der Waals surface area (Å²) in [5.74, 6) is -0.924. The molecule has 2 aromatic heterocycles. The van der Waals surface area contributed by atoms with E-state index in [1.807, 2.05) is 0 Å². The molecule has 0 amide bonds. The molecule has 0 aliphatic heterocycles. The minimum absolute atomic E-state index is 0.0946. The van der Waals surface area contributed by atoms with Gasteiger partial charge in [0.15, 0.2) is 0 Å². The number of carbonyl (C=O) groups is 1. The zero-order chi connectivity index (χ0) is 12.8. The van der Waals surface area contributed by atoms with Crippen LogP contribution in [0.5, 0.6) is 0 Å². The lowest BCUT2D eigenvalue weighted by molar-refractivity contribution is 0.0702. The van der Waals surface area contributed by atoms with E-state index in [9.17, 15) is 4.79 Å². The maximum absolute atomic E-state index is 10.2. The summed E-state index contributed by atoms with van der Waals surface area (Å²) in [5, 5.41) is 21.4. The number of rotatable bonds is 2. The highest BCUT2D eigenvalue weighted by molar-refractivity contribution is 7.12. The largest absolute Gasteiger partial charge is 0.477 e. The summed E-state index contributed by atoms with van der Waals surface area (Å²) >= 11 is 13.6. The minimum Gasteiger partial charge on any atom is -0.477 e. The first kappa shape index (κ1) is 14.5. The minimum atomic E-state index is -0.924. The molecule has 2 aromatic rings. The second-order valence-corrected chi connectivity index (χ2v) is 5.60. The predicted molar refractivity (Wildman–Crippen MR) is 71.5 cm³/mol. The number of aromatic carboxylic acids is 1. The fourth-order valence-corrected chi connectivity index (χ4v) is 2.70. The molecular weight excluding hydrogens is 303 g/mol. The molecule has 0 atom stereocenters. The van der Waals surface area contributed by atoms with Gasteiger partial charge >= 0.3 is 5.97 Å². The number of hydrogen-bond donors (Lipinski definition) is 2. The lowest BCUT2D eigenvalue weighted by Gasteiger charge is -1.79. The Labute approximate surface area is 116 Å². The fraction of sp³-hybridized carbons (Fsp3) is 0.100. The van der Waals surface area contributed by atoms with Gasteiger partial charge in [-0.1, -0.05) is 23.2 Å². The second kappa shape index (κ2) is 6.98.